The number of H-pyrrole nitrogens is 1. The molecule has 7 nitrogen and oxygen atoms in total. The van der Waals surface area contributed by atoms with Crippen LogP contribution in [0.4, 0.5) is 5.69 Å². The zero-order valence-electron chi connectivity index (χ0n) is 17.4. The van der Waals surface area contributed by atoms with Gasteiger partial charge in [0.15, 0.2) is 5.82 Å². The van der Waals surface area contributed by atoms with E-state index < -0.39 is 0 Å². The lowest BCUT2D eigenvalue weighted by Crippen LogP contribution is -2.44. The highest BCUT2D eigenvalue weighted by molar-refractivity contribution is 6.01. The number of hydrogen-bond donors (Lipinski definition) is 3. The molecule has 2 aliphatic rings. The number of imidazole rings is 1. The molecule has 4 rings (SSSR count). The van der Waals surface area contributed by atoms with Crippen LogP contribution in [0, 0.1) is 5.92 Å². The van der Waals surface area contributed by atoms with E-state index in [4.69, 9.17) is 0 Å². The van der Waals surface area contributed by atoms with Gasteiger partial charge in [0, 0.05) is 36.6 Å². The maximum absolute atomic E-state index is 12.6. The van der Waals surface area contributed by atoms with Crippen molar-refractivity contribution in [2.24, 2.45) is 5.92 Å². The smallest absolute Gasteiger partial charge is 0.291 e. The number of aromatic amines is 1. The number of carbonyl (C=O) groups is 2. The highest BCUT2D eigenvalue weighted by Crippen LogP contribution is 2.22. The molecular weight excluding hydrogens is 378 g/mol. The average Bonchev–Trinajstić information content (AvgIpc) is 3.30. The van der Waals surface area contributed by atoms with E-state index in [-0.39, 0.29) is 17.7 Å². The zero-order valence-corrected chi connectivity index (χ0v) is 17.4. The number of hydrogen-bond acceptors (Lipinski definition) is 4. The highest BCUT2D eigenvalue weighted by atomic mass is 16.2. The number of carbonyl (C=O) groups excluding carboxylic acids is 2. The van der Waals surface area contributed by atoms with Gasteiger partial charge in [-0.1, -0.05) is 31.4 Å². The Morgan fingerprint density at radius 2 is 1.90 bits per heavy atom. The van der Waals surface area contributed by atoms with Gasteiger partial charge in [-0.25, -0.2) is 4.98 Å². The molecule has 1 aromatic carbocycles. The molecule has 0 spiro atoms. The van der Waals surface area contributed by atoms with Crippen molar-refractivity contribution in [1.82, 2.24) is 20.2 Å². The monoisotopic (exact) mass is 409 g/mol. The van der Waals surface area contributed by atoms with Crippen LogP contribution in [0.5, 0.6) is 0 Å². The van der Waals surface area contributed by atoms with E-state index in [1.54, 1.807) is 12.4 Å². The summed E-state index contributed by atoms with van der Waals surface area (Å²) in [6.45, 7) is 2.67. The maximum atomic E-state index is 12.6. The van der Waals surface area contributed by atoms with E-state index in [0.29, 0.717) is 11.9 Å². The van der Waals surface area contributed by atoms with Crippen molar-refractivity contribution in [3.05, 3.63) is 48.0 Å². The van der Waals surface area contributed by atoms with E-state index >= 15 is 0 Å². The number of nitrogens with one attached hydrogen (secondary N) is 3. The Balaban J connectivity index is 1.24. The molecule has 160 valence electrons. The fourth-order valence-corrected chi connectivity index (χ4v) is 4.50. The lowest BCUT2D eigenvalue weighted by molar-refractivity contribution is -0.127. The van der Waals surface area contributed by atoms with E-state index in [0.717, 1.165) is 56.6 Å². The van der Waals surface area contributed by atoms with Crippen molar-refractivity contribution in [3.8, 4) is 0 Å². The van der Waals surface area contributed by atoms with Gasteiger partial charge in [0.05, 0.1) is 0 Å². The summed E-state index contributed by atoms with van der Waals surface area (Å²) in [6.07, 6.45) is 11.1. The predicted molar refractivity (Wildman–Crippen MR) is 116 cm³/mol. The lowest BCUT2D eigenvalue weighted by atomic mass is 9.92. The van der Waals surface area contributed by atoms with Gasteiger partial charge in [0.1, 0.15) is 0 Å². The third-order valence-electron chi connectivity index (χ3n) is 6.21. The molecular formula is C23H31N5O2. The molecule has 7 heteroatoms. The van der Waals surface area contributed by atoms with Crippen LogP contribution in [-0.2, 0) is 11.3 Å². The van der Waals surface area contributed by atoms with Crippen molar-refractivity contribution in [2.45, 2.75) is 57.5 Å². The molecule has 0 radical (unpaired) electrons. The standard InChI is InChI=1S/C23H31N5O2/c29-22(26-19-6-2-1-3-7-19)18-9-13-28(14-10-18)16-17-5-4-8-20(15-17)27-23(30)21-24-11-12-25-21/h4-5,8,11-12,15,18-19H,1-3,6-7,9-10,13-14,16H2,(H,24,25)(H,26,29)(H,27,30). The van der Waals surface area contributed by atoms with Gasteiger partial charge < -0.3 is 15.6 Å². The summed E-state index contributed by atoms with van der Waals surface area (Å²) in [5, 5.41) is 6.16. The van der Waals surface area contributed by atoms with Crippen LogP contribution in [-0.4, -0.2) is 45.8 Å². The SMILES string of the molecule is O=C(Nc1cccc(CN2CCC(C(=O)NC3CCCCC3)CC2)c1)c1ncc[nH]1. The molecule has 0 unspecified atom stereocenters. The Morgan fingerprint density at radius 3 is 2.63 bits per heavy atom. The first-order valence-corrected chi connectivity index (χ1v) is 11.1. The minimum Gasteiger partial charge on any atom is -0.353 e. The van der Waals surface area contributed by atoms with Crippen LogP contribution in [0.1, 0.15) is 61.1 Å². The molecule has 0 atom stereocenters. The first-order chi connectivity index (χ1) is 14.7. The van der Waals surface area contributed by atoms with Crippen LogP contribution in [0.25, 0.3) is 0 Å². The predicted octanol–water partition coefficient (Wildman–Crippen LogP) is 3.32. The van der Waals surface area contributed by atoms with Crippen LogP contribution < -0.4 is 10.6 Å². The van der Waals surface area contributed by atoms with Gasteiger partial charge in [0.2, 0.25) is 5.91 Å². The van der Waals surface area contributed by atoms with Crippen molar-refractivity contribution in [2.75, 3.05) is 18.4 Å². The quantitative estimate of drug-likeness (QED) is 0.683. The number of anilines is 1. The average molecular weight is 410 g/mol. The second-order valence-electron chi connectivity index (χ2n) is 8.49. The van der Waals surface area contributed by atoms with Gasteiger partial charge in [-0.2, -0.15) is 0 Å². The molecule has 1 saturated heterocycles. The number of nitrogens with zero attached hydrogens (tertiary/aromatic N) is 2. The number of piperidine rings is 1. The van der Waals surface area contributed by atoms with Gasteiger partial charge in [-0.3, -0.25) is 14.5 Å². The molecule has 2 aromatic rings. The Bertz CT molecular complexity index is 837. The number of aromatic nitrogens is 2. The molecule has 1 aliphatic heterocycles. The first-order valence-electron chi connectivity index (χ1n) is 11.1. The Labute approximate surface area is 177 Å². The van der Waals surface area contributed by atoms with Gasteiger partial charge in [-0.05, 0) is 56.5 Å². The maximum Gasteiger partial charge on any atom is 0.291 e. The minimum atomic E-state index is -0.248. The highest BCUT2D eigenvalue weighted by Gasteiger charge is 2.27. The number of rotatable bonds is 6. The van der Waals surface area contributed by atoms with Gasteiger partial charge in [-0.15, -0.1) is 0 Å². The van der Waals surface area contributed by atoms with E-state index in [1.807, 2.05) is 18.2 Å². The molecule has 2 heterocycles. The fourth-order valence-electron chi connectivity index (χ4n) is 4.50. The molecule has 1 saturated carbocycles. The summed E-state index contributed by atoms with van der Waals surface area (Å²) in [4.78, 5) is 33.9. The fraction of sp³-hybridized carbons (Fsp3) is 0.522. The largest absolute Gasteiger partial charge is 0.353 e. The third-order valence-corrected chi connectivity index (χ3v) is 6.21. The minimum absolute atomic E-state index is 0.141. The Hall–Kier alpha value is -2.67. The van der Waals surface area contributed by atoms with Crippen molar-refractivity contribution >= 4 is 17.5 Å². The number of amides is 2. The van der Waals surface area contributed by atoms with E-state index in [1.165, 1.54) is 19.3 Å². The Morgan fingerprint density at radius 1 is 1.10 bits per heavy atom. The van der Waals surface area contributed by atoms with Crippen LogP contribution in [0.2, 0.25) is 0 Å². The van der Waals surface area contributed by atoms with Crippen LogP contribution in [0.3, 0.4) is 0 Å². The van der Waals surface area contributed by atoms with E-state index in [2.05, 4.69) is 31.6 Å². The molecule has 2 fully saturated rings. The number of benzene rings is 1. The summed E-state index contributed by atoms with van der Waals surface area (Å²) in [7, 11) is 0. The zero-order chi connectivity index (χ0) is 20.8. The van der Waals surface area contributed by atoms with Gasteiger partial charge >= 0.3 is 0 Å². The van der Waals surface area contributed by atoms with Crippen molar-refractivity contribution < 1.29 is 9.59 Å². The normalized spacial score (nSPS) is 18.8. The summed E-state index contributed by atoms with van der Waals surface area (Å²) in [6, 6.07) is 8.31. The molecule has 2 amide bonds. The summed E-state index contributed by atoms with van der Waals surface area (Å²) in [5.74, 6) is 0.446. The summed E-state index contributed by atoms with van der Waals surface area (Å²) < 4.78 is 0. The molecule has 30 heavy (non-hydrogen) atoms. The molecule has 0 bridgehead atoms. The summed E-state index contributed by atoms with van der Waals surface area (Å²) in [5.41, 5.74) is 1.91. The second kappa shape index (κ2) is 9.89. The topological polar surface area (TPSA) is 90.1 Å². The molecule has 3 N–H and O–H groups in total. The van der Waals surface area contributed by atoms with Gasteiger partial charge in [0.25, 0.3) is 5.91 Å². The molecule has 1 aliphatic carbocycles. The van der Waals surface area contributed by atoms with Crippen molar-refractivity contribution in [1.29, 1.82) is 0 Å². The van der Waals surface area contributed by atoms with E-state index in [9.17, 15) is 9.59 Å². The van der Waals surface area contributed by atoms with Crippen LogP contribution >= 0.6 is 0 Å². The van der Waals surface area contributed by atoms with Crippen molar-refractivity contribution in [3.63, 3.8) is 0 Å². The first kappa shape index (κ1) is 20.6. The number of likely N-dealkylation sites (tertiary alicyclic amines) is 1. The van der Waals surface area contributed by atoms with Crippen LogP contribution in [0.15, 0.2) is 36.7 Å². The summed E-state index contributed by atoms with van der Waals surface area (Å²) >= 11 is 0. The molecule has 1 aromatic heterocycles. The second-order valence-corrected chi connectivity index (χ2v) is 8.49. The third kappa shape index (κ3) is 5.48. The lowest BCUT2D eigenvalue weighted by Gasteiger charge is -2.32. The Kier molecular flexibility index (Phi) is 6.79.